The number of fused-ring (bicyclic) bond motifs is 1. The Hall–Kier alpha value is -3.12. The van der Waals surface area contributed by atoms with E-state index >= 15 is 0 Å². The lowest BCUT2D eigenvalue weighted by atomic mass is 9.95. The lowest BCUT2D eigenvalue weighted by Crippen LogP contribution is -2.71. The average Bonchev–Trinajstić information content (AvgIpc) is 3.02. The number of thioether (sulfide) groups is 1. The maximum atomic E-state index is 13.1. The minimum Gasteiger partial charge on any atom is -0.480 e. The number of carboxylic acid groups (broad SMARTS) is 1. The average molecular weight is 463 g/mol. The van der Waals surface area contributed by atoms with Gasteiger partial charge in [-0.05, 0) is 19.4 Å². The number of carbonyl (C=O) groups is 4. The molecule has 3 amide bonds. The quantitative estimate of drug-likeness (QED) is 0.181. The highest BCUT2D eigenvalue weighted by molar-refractivity contribution is 8.01. The number of aliphatic carboxylic acids is 1. The van der Waals surface area contributed by atoms with Gasteiger partial charge >= 0.3 is 5.97 Å². The van der Waals surface area contributed by atoms with E-state index in [0.717, 1.165) is 0 Å². The number of carboxylic acids is 1. The number of nitrogens with zero attached hydrogens (tertiary/aromatic N) is 2. The zero-order chi connectivity index (χ0) is 23.6. The number of β-lactam (4-membered cyclic amide) rings is 1. The van der Waals surface area contributed by atoms with Crippen molar-refractivity contribution in [3.63, 3.8) is 0 Å². The normalized spacial score (nSPS) is 24.8. The molecule has 0 spiro atoms. The van der Waals surface area contributed by atoms with Crippen LogP contribution in [0.4, 0.5) is 0 Å². The van der Waals surface area contributed by atoms with Crippen molar-refractivity contribution in [1.82, 2.24) is 15.5 Å². The van der Waals surface area contributed by atoms with Gasteiger partial charge in [0.05, 0.1) is 6.54 Å². The van der Waals surface area contributed by atoms with Gasteiger partial charge in [-0.25, -0.2) is 4.79 Å². The van der Waals surface area contributed by atoms with E-state index in [1.807, 2.05) is 0 Å². The SMILES string of the molecule is CC1(C)S[C@@H]2[C@H](NC(=O)C(NC(=O)CN=C(N)CN)c3ccccc3)C(=O)N2[C@H]1C(=O)O. The number of rotatable bonds is 8. The van der Waals surface area contributed by atoms with Crippen LogP contribution in [0, 0.1) is 0 Å². The Kier molecular flexibility index (Phi) is 6.74. The molecule has 1 aromatic carbocycles. The number of carbonyl (C=O) groups excluding carboxylic acids is 3. The summed E-state index contributed by atoms with van der Waals surface area (Å²) in [6.45, 7) is 3.20. The number of benzene rings is 1. The molecule has 172 valence electrons. The first kappa shape index (κ1) is 23.5. The Morgan fingerprint density at radius 2 is 1.94 bits per heavy atom. The molecule has 1 aromatic rings. The summed E-state index contributed by atoms with van der Waals surface area (Å²) in [6.07, 6.45) is 0. The summed E-state index contributed by atoms with van der Waals surface area (Å²) >= 11 is 1.32. The van der Waals surface area contributed by atoms with Gasteiger partial charge < -0.3 is 32.1 Å². The van der Waals surface area contributed by atoms with E-state index < -0.39 is 51.9 Å². The van der Waals surface area contributed by atoms with E-state index in [2.05, 4.69) is 15.6 Å². The summed E-state index contributed by atoms with van der Waals surface area (Å²) in [7, 11) is 0. The van der Waals surface area contributed by atoms with Gasteiger partial charge in [0.25, 0.3) is 0 Å². The van der Waals surface area contributed by atoms with Crippen LogP contribution in [-0.2, 0) is 19.2 Å². The second kappa shape index (κ2) is 9.17. The van der Waals surface area contributed by atoms with E-state index in [1.54, 1.807) is 44.2 Å². The fourth-order valence-electron chi connectivity index (χ4n) is 3.77. The molecule has 0 bridgehead atoms. The maximum Gasteiger partial charge on any atom is 0.327 e. The molecule has 3 rings (SSSR count). The molecule has 2 heterocycles. The predicted octanol–water partition coefficient (Wildman–Crippen LogP) is -1.21. The molecule has 7 N–H and O–H groups in total. The first-order chi connectivity index (χ1) is 15.1. The lowest BCUT2D eigenvalue weighted by Gasteiger charge is -2.44. The van der Waals surface area contributed by atoms with E-state index in [-0.39, 0.29) is 18.9 Å². The minimum atomic E-state index is -1.09. The van der Waals surface area contributed by atoms with Gasteiger partial charge in [-0.3, -0.25) is 19.4 Å². The van der Waals surface area contributed by atoms with Gasteiger partial charge in [-0.2, -0.15) is 0 Å². The minimum absolute atomic E-state index is 0.00289. The number of amides is 3. The van der Waals surface area contributed by atoms with Crippen LogP contribution in [0.2, 0.25) is 0 Å². The van der Waals surface area contributed by atoms with Crippen molar-refractivity contribution in [2.45, 2.75) is 42.1 Å². The number of aliphatic imine (C=N–C) groups is 1. The Morgan fingerprint density at radius 3 is 2.53 bits per heavy atom. The molecule has 2 saturated heterocycles. The maximum absolute atomic E-state index is 13.1. The molecule has 1 unspecified atom stereocenters. The van der Waals surface area contributed by atoms with E-state index in [4.69, 9.17) is 11.5 Å². The van der Waals surface area contributed by atoms with Gasteiger partial charge in [-0.1, -0.05) is 30.3 Å². The standard InChI is InChI=1S/C20H26N6O5S/c1-20(2)15(19(30)31)26-17(29)14(18(26)32-20)25-16(28)13(10-6-4-3-5-7-10)24-12(27)9-23-11(22)8-21/h3-7,13-15,18H,8-9,21H2,1-2H3,(H2,22,23)(H,24,27)(H,25,28)(H,30,31)/t13?,14-,15+,18-/m1/s1. The van der Waals surface area contributed by atoms with Crippen LogP contribution < -0.4 is 22.1 Å². The van der Waals surface area contributed by atoms with Crippen molar-refractivity contribution < 1.29 is 24.3 Å². The van der Waals surface area contributed by atoms with Crippen molar-refractivity contribution in [2.75, 3.05) is 13.1 Å². The summed E-state index contributed by atoms with van der Waals surface area (Å²) in [5.41, 5.74) is 11.4. The van der Waals surface area contributed by atoms with Crippen molar-refractivity contribution in [1.29, 1.82) is 0 Å². The first-order valence-electron chi connectivity index (χ1n) is 9.93. The Labute approximate surface area is 189 Å². The summed E-state index contributed by atoms with van der Waals surface area (Å²) in [5, 5.41) is 14.3. The van der Waals surface area contributed by atoms with Gasteiger partial charge in [0.2, 0.25) is 17.7 Å². The molecule has 32 heavy (non-hydrogen) atoms. The summed E-state index contributed by atoms with van der Waals surface area (Å²) in [6, 6.07) is 5.61. The van der Waals surface area contributed by atoms with Crippen LogP contribution >= 0.6 is 11.8 Å². The van der Waals surface area contributed by atoms with Crippen molar-refractivity contribution >= 4 is 41.3 Å². The molecule has 0 radical (unpaired) electrons. The van der Waals surface area contributed by atoms with Crippen LogP contribution in [0.15, 0.2) is 35.3 Å². The monoisotopic (exact) mass is 462 g/mol. The molecule has 2 fully saturated rings. The van der Waals surface area contributed by atoms with Crippen LogP contribution in [0.3, 0.4) is 0 Å². The molecular weight excluding hydrogens is 436 g/mol. The smallest absolute Gasteiger partial charge is 0.327 e. The molecule has 2 aliphatic heterocycles. The highest BCUT2D eigenvalue weighted by Crippen LogP contribution is 2.50. The van der Waals surface area contributed by atoms with Crippen LogP contribution in [0.25, 0.3) is 0 Å². The predicted molar refractivity (Wildman–Crippen MR) is 119 cm³/mol. The number of amidine groups is 1. The molecule has 0 saturated carbocycles. The molecule has 11 nitrogen and oxygen atoms in total. The Bertz CT molecular complexity index is 953. The topological polar surface area (TPSA) is 180 Å². The third-order valence-electron chi connectivity index (χ3n) is 5.31. The van der Waals surface area contributed by atoms with Crippen molar-refractivity contribution in [2.24, 2.45) is 16.5 Å². The summed E-state index contributed by atoms with van der Waals surface area (Å²) < 4.78 is -0.709. The fraction of sp³-hybridized carbons (Fsp3) is 0.450. The molecule has 2 aliphatic rings. The fourth-order valence-corrected chi connectivity index (χ4v) is 5.40. The van der Waals surface area contributed by atoms with E-state index in [9.17, 15) is 24.3 Å². The summed E-state index contributed by atoms with van der Waals surface area (Å²) in [5.74, 6) is -2.58. The molecule has 12 heteroatoms. The van der Waals surface area contributed by atoms with E-state index in [1.165, 1.54) is 16.7 Å². The van der Waals surface area contributed by atoms with E-state index in [0.29, 0.717) is 5.56 Å². The van der Waals surface area contributed by atoms with Gasteiger partial charge in [0, 0.05) is 4.75 Å². The zero-order valence-electron chi connectivity index (χ0n) is 17.6. The van der Waals surface area contributed by atoms with Gasteiger partial charge in [0.1, 0.15) is 35.9 Å². The Balaban J connectivity index is 1.74. The number of nitrogens with one attached hydrogen (secondary N) is 2. The molecule has 4 atom stereocenters. The first-order valence-corrected chi connectivity index (χ1v) is 10.8. The highest BCUT2D eigenvalue weighted by Gasteiger charge is 2.64. The molecule has 0 aliphatic carbocycles. The highest BCUT2D eigenvalue weighted by atomic mass is 32.2. The summed E-state index contributed by atoms with van der Waals surface area (Å²) in [4.78, 5) is 54.9. The van der Waals surface area contributed by atoms with Crippen molar-refractivity contribution in [3.8, 4) is 0 Å². The second-order valence-electron chi connectivity index (χ2n) is 8.01. The third kappa shape index (κ3) is 4.55. The van der Waals surface area contributed by atoms with Gasteiger partial charge in [0.15, 0.2) is 0 Å². The second-order valence-corrected chi connectivity index (χ2v) is 9.78. The van der Waals surface area contributed by atoms with Crippen molar-refractivity contribution in [3.05, 3.63) is 35.9 Å². The number of hydrogen-bond acceptors (Lipinski definition) is 7. The lowest BCUT2D eigenvalue weighted by molar-refractivity contribution is -0.161. The van der Waals surface area contributed by atoms with Crippen LogP contribution in [0.1, 0.15) is 25.5 Å². The Morgan fingerprint density at radius 1 is 1.28 bits per heavy atom. The molecular formula is C20H26N6O5S. The zero-order valence-corrected chi connectivity index (χ0v) is 18.5. The number of hydrogen-bond donors (Lipinski definition) is 5. The molecule has 0 aromatic heterocycles. The van der Waals surface area contributed by atoms with Crippen LogP contribution in [-0.4, -0.2) is 74.8 Å². The third-order valence-corrected chi connectivity index (χ3v) is 6.88. The number of nitrogens with two attached hydrogens (primary N) is 2. The van der Waals surface area contributed by atoms with Gasteiger partial charge in [-0.15, -0.1) is 11.8 Å². The largest absolute Gasteiger partial charge is 0.480 e. The van der Waals surface area contributed by atoms with Crippen LogP contribution in [0.5, 0.6) is 0 Å².